The van der Waals surface area contributed by atoms with Crippen LogP contribution >= 0.6 is 34.9 Å². The van der Waals surface area contributed by atoms with E-state index in [2.05, 4.69) is 20.6 Å². The summed E-state index contributed by atoms with van der Waals surface area (Å²) < 4.78 is 8.08. The second-order valence-corrected chi connectivity index (χ2v) is 18.0. The molecule has 0 spiro atoms. The van der Waals surface area contributed by atoms with Gasteiger partial charge >= 0.3 is 5.97 Å². The minimum Gasteiger partial charge on any atom is -0.448 e. The molecule has 2 aliphatic rings. The molecule has 15 heteroatoms. The fourth-order valence-corrected chi connectivity index (χ4v) is 10.8. The molecule has 64 heavy (non-hydrogen) atoms. The number of benzene rings is 5. The van der Waals surface area contributed by atoms with Crippen LogP contribution < -0.4 is 11.1 Å². The van der Waals surface area contributed by atoms with E-state index in [1.807, 2.05) is 165 Å². The van der Waals surface area contributed by atoms with Crippen molar-refractivity contribution in [2.45, 2.75) is 28.9 Å². The number of amides is 2. The predicted molar refractivity (Wildman–Crippen MR) is 251 cm³/mol. The Hall–Kier alpha value is -6.94. The van der Waals surface area contributed by atoms with Gasteiger partial charge in [-0.15, -0.1) is 34.9 Å². The van der Waals surface area contributed by atoms with Gasteiger partial charge in [0, 0.05) is 57.3 Å². The number of esters is 1. The molecule has 2 atom stereocenters. The number of thiazole rings is 1. The zero-order valence-corrected chi connectivity index (χ0v) is 36.8. The van der Waals surface area contributed by atoms with Crippen molar-refractivity contribution in [1.29, 1.82) is 0 Å². The number of aryl methyl sites for hydroxylation is 1. The number of β-lactam (4-membered cyclic amide) rings is 1. The molecule has 0 aliphatic carbocycles. The SMILES string of the molecule is Cn1cc(CSC2=C(C(=O)OC(c3ccccc3)c3ccccc3)N3C(=O)[C@@H](NC(=O)/C(=N\OC(c4ccccc4)(c4ccccc4)c4ccccc4)c4csc(N)n4)[C@H]3SC2)cn1. The van der Waals surface area contributed by atoms with Crippen LogP contribution in [0.1, 0.15) is 45.2 Å². The van der Waals surface area contributed by atoms with Crippen molar-refractivity contribution in [3.8, 4) is 0 Å². The quantitative estimate of drug-likeness (QED) is 0.0340. The van der Waals surface area contributed by atoms with Crippen LogP contribution in [0.15, 0.2) is 185 Å². The van der Waals surface area contributed by atoms with E-state index in [-0.39, 0.29) is 22.2 Å². The number of ether oxygens (including phenoxy) is 1. The lowest BCUT2D eigenvalue weighted by Crippen LogP contribution is -2.71. The molecule has 3 N–H and O–H groups in total. The lowest BCUT2D eigenvalue weighted by atomic mass is 9.80. The number of oxime groups is 1. The number of hydrogen-bond donors (Lipinski definition) is 2. The predicted octanol–water partition coefficient (Wildman–Crippen LogP) is 8.05. The summed E-state index contributed by atoms with van der Waals surface area (Å²) in [6.45, 7) is 0. The van der Waals surface area contributed by atoms with Gasteiger partial charge in [-0.2, -0.15) is 5.10 Å². The largest absolute Gasteiger partial charge is 0.448 e. The van der Waals surface area contributed by atoms with Crippen molar-refractivity contribution < 1.29 is 24.0 Å². The number of nitrogens with two attached hydrogens (primary N) is 1. The molecule has 0 bridgehead atoms. The van der Waals surface area contributed by atoms with Crippen molar-refractivity contribution >= 4 is 63.5 Å². The highest BCUT2D eigenvalue weighted by molar-refractivity contribution is 8.05. The summed E-state index contributed by atoms with van der Waals surface area (Å²) >= 11 is 4.05. The van der Waals surface area contributed by atoms with Crippen LogP contribution in [0.3, 0.4) is 0 Å². The first kappa shape index (κ1) is 42.4. The number of rotatable bonds is 15. The van der Waals surface area contributed by atoms with Gasteiger partial charge in [0.05, 0.1) is 6.20 Å². The van der Waals surface area contributed by atoms with Gasteiger partial charge in [0.15, 0.2) is 16.9 Å². The highest BCUT2D eigenvalue weighted by atomic mass is 32.2. The third-order valence-electron chi connectivity index (χ3n) is 10.8. The minimum atomic E-state index is -1.31. The molecule has 2 aliphatic heterocycles. The molecule has 2 aromatic heterocycles. The number of nitrogens with zero attached hydrogens (tertiary/aromatic N) is 5. The molecule has 0 saturated carbocycles. The number of carbonyl (C=O) groups is 3. The van der Waals surface area contributed by atoms with Gasteiger partial charge in [-0.05, 0) is 11.1 Å². The third-order valence-corrected chi connectivity index (χ3v) is 14.1. The van der Waals surface area contributed by atoms with Crippen LogP contribution in [0, 0.1) is 0 Å². The maximum atomic E-state index is 14.6. The maximum Gasteiger partial charge on any atom is 0.356 e. The fraction of sp³-hybridized carbons (Fsp3) is 0.143. The van der Waals surface area contributed by atoms with Gasteiger partial charge < -0.3 is 20.6 Å². The molecule has 1 saturated heterocycles. The molecule has 4 heterocycles. The highest BCUT2D eigenvalue weighted by Gasteiger charge is 2.55. The molecule has 12 nitrogen and oxygen atoms in total. The Balaban J connectivity index is 1.04. The van der Waals surface area contributed by atoms with Gasteiger partial charge in [-0.25, -0.2) is 9.78 Å². The van der Waals surface area contributed by atoms with Crippen molar-refractivity contribution in [3.05, 3.63) is 219 Å². The molecular weight excluding hydrogens is 863 g/mol. The molecule has 320 valence electrons. The van der Waals surface area contributed by atoms with Gasteiger partial charge in [0.2, 0.25) is 5.60 Å². The number of nitrogen functional groups attached to an aromatic ring is 1. The van der Waals surface area contributed by atoms with Crippen LogP contribution in [-0.2, 0) is 42.4 Å². The third kappa shape index (κ3) is 8.57. The van der Waals surface area contributed by atoms with E-state index < -0.39 is 40.9 Å². The van der Waals surface area contributed by atoms with E-state index in [4.69, 9.17) is 15.3 Å². The molecule has 2 amide bonds. The maximum absolute atomic E-state index is 14.6. The first-order valence-electron chi connectivity index (χ1n) is 20.3. The molecular formula is C49H41N7O5S3. The topological polar surface area (TPSA) is 154 Å². The van der Waals surface area contributed by atoms with Crippen molar-refractivity contribution in [2.24, 2.45) is 12.2 Å². The Morgan fingerprint density at radius 2 is 1.41 bits per heavy atom. The Kier molecular flexibility index (Phi) is 12.4. The zero-order chi connectivity index (χ0) is 44.0. The summed E-state index contributed by atoms with van der Waals surface area (Å²) in [4.78, 5) is 56.9. The summed E-state index contributed by atoms with van der Waals surface area (Å²) in [7, 11) is 1.84. The van der Waals surface area contributed by atoms with Crippen LogP contribution in [0.5, 0.6) is 0 Å². The van der Waals surface area contributed by atoms with E-state index in [0.29, 0.717) is 16.4 Å². The average Bonchev–Trinajstić information content (AvgIpc) is 3.98. The summed E-state index contributed by atoms with van der Waals surface area (Å²) in [6.07, 6.45) is 2.94. The number of fused-ring (bicyclic) bond motifs is 1. The number of nitrogens with one attached hydrogen (secondary N) is 1. The zero-order valence-electron chi connectivity index (χ0n) is 34.4. The average molecular weight is 904 g/mol. The van der Waals surface area contributed by atoms with Crippen LogP contribution in [0.25, 0.3) is 0 Å². The number of carbonyl (C=O) groups excluding carboxylic acids is 3. The summed E-state index contributed by atoms with van der Waals surface area (Å²) in [5, 5.41) is 13.0. The first-order valence-corrected chi connectivity index (χ1v) is 23.3. The number of hydrogen-bond acceptors (Lipinski definition) is 12. The highest BCUT2D eigenvalue weighted by Crippen LogP contribution is 2.46. The standard InChI is InChI=1S/C49H41N7O5S3/c1-55-28-32(27-51-55)29-62-39-31-63-46-41(45(58)56(46)42(39)47(59)60-43(33-17-7-2-8-18-33)34-19-9-3-10-20-34)53-44(57)40(38-30-64-48(50)52-38)54-61-49(35-21-11-4-12-22-35,36-23-13-5-14-24-36)37-25-15-6-16-26-37/h2-28,30,41,43,46H,29,31H2,1H3,(H2,50,52)(H,53,57)/b54-40-/t41-,46-/m1/s1. The van der Waals surface area contributed by atoms with Crippen molar-refractivity contribution in [2.75, 3.05) is 11.5 Å². The Labute approximate surface area is 382 Å². The van der Waals surface area contributed by atoms with Gasteiger partial charge in [0.1, 0.15) is 22.8 Å². The van der Waals surface area contributed by atoms with Crippen molar-refractivity contribution in [3.63, 3.8) is 0 Å². The molecule has 1 fully saturated rings. The summed E-state index contributed by atoms with van der Waals surface area (Å²) in [6, 6.07) is 46.9. The lowest BCUT2D eigenvalue weighted by molar-refractivity contribution is -0.154. The Bertz CT molecular complexity index is 2690. The fourth-order valence-electron chi connectivity index (χ4n) is 7.76. The van der Waals surface area contributed by atoms with Gasteiger partial charge in [-0.1, -0.05) is 157 Å². The van der Waals surface area contributed by atoms with Gasteiger partial charge in [-0.3, -0.25) is 19.2 Å². The second-order valence-electron chi connectivity index (χ2n) is 14.9. The Morgan fingerprint density at radius 3 is 1.91 bits per heavy atom. The second kappa shape index (κ2) is 18.8. The summed E-state index contributed by atoms with van der Waals surface area (Å²) in [5.74, 6) is -0.926. The molecule has 0 unspecified atom stereocenters. The normalized spacial score (nSPS) is 16.2. The molecule has 9 rings (SSSR count). The molecule has 0 radical (unpaired) electrons. The molecule has 5 aromatic carbocycles. The number of thioether (sulfide) groups is 2. The van der Waals surface area contributed by atoms with Crippen LogP contribution in [0.2, 0.25) is 0 Å². The number of anilines is 1. The minimum absolute atomic E-state index is 0.146. The smallest absolute Gasteiger partial charge is 0.356 e. The van der Waals surface area contributed by atoms with Crippen molar-refractivity contribution in [1.82, 2.24) is 25.0 Å². The first-order chi connectivity index (χ1) is 31.3. The van der Waals surface area contributed by atoms with E-state index in [9.17, 15) is 14.4 Å². The van der Waals surface area contributed by atoms with Gasteiger partial charge in [0.25, 0.3) is 11.8 Å². The van der Waals surface area contributed by atoms with Crippen LogP contribution in [-0.4, -0.2) is 60.3 Å². The van der Waals surface area contributed by atoms with E-state index >= 15 is 0 Å². The number of aromatic nitrogens is 3. The van der Waals surface area contributed by atoms with E-state index in [0.717, 1.165) is 44.7 Å². The monoisotopic (exact) mass is 903 g/mol. The van der Waals surface area contributed by atoms with E-state index in [1.54, 1.807) is 16.3 Å². The molecule has 7 aromatic rings. The lowest BCUT2D eigenvalue weighted by Gasteiger charge is -2.49. The van der Waals surface area contributed by atoms with Crippen LogP contribution in [0.4, 0.5) is 5.13 Å². The summed E-state index contributed by atoms with van der Waals surface area (Å²) in [5.41, 5.74) is 9.76. The van der Waals surface area contributed by atoms with E-state index in [1.165, 1.54) is 28.4 Å². The Morgan fingerprint density at radius 1 is 0.859 bits per heavy atom.